The molecule has 0 unspecified atom stereocenters. The minimum atomic E-state index is -0.852. The van der Waals surface area contributed by atoms with Gasteiger partial charge in [-0.25, -0.2) is 14.8 Å². The van der Waals surface area contributed by atoms with Crippen molar-refractivity contribution in [1.29, 1.82) is 0 Å². The highest BCUT2D eigenvalue weighted by Crippen LogP contribution is 2.35. The van der Waals surface area contributed by atoms with Crippen molar-refractivity contribution < 1.29 is 14.5 Å². The number of non-ortho nitro benzene ring substituents is 1. The van der Waals surface area contributed by atoms with Gasteiger partial charge in [0.1, 0.15) is 0 Å². The van der Waals surface area contributed by atoms with Crippen LogP contribution in [0.3, 0.4) is 0 Å². The number of carbonyl (C=O) groups excluding carboxylic acids is 1. The van der Waals surface area contributed by atoms with E-state index in [1.807, 2.05) is 60.7 Å². The molecule has 11 nitrogen and oxygen atoms in total. The fourth-order valence-corrected chi connectivity index (χ4v) is 7.00. The van der Waals surface area contributed by atoms with Crippen LogP contribution in [0.1, 0.15) is 35.3 Å². The summed E-state index contributed by atoms with van der Waals surface area (Å²) in [6, 6.07) is 23.1. The SMILES string of the molecule is CCOC(=O)C1=C(c2ccccc2)N=c2s/c(=C/c3cc([N+](=O)[O-])ccc3Sc3nc(C)cc(=O)[nH]3)c(=O)n2[C@@H]1c1ccccc1. The van der Waals surface area contributed by atoms with Crippen LogP contribution in [0.2, 0.25) is 0 Å². The van der Waals surface area contributed by atoms with Gasteiger partial charge < -0.3 is 9.72 Å². The summed E-state index contributed by atoms with van der Waals surface area (Å²) in [4.78, 5) is 63.9. The molecule has 1 atom stereocenters. The first-order chi connectivity index (χ1) is 22.2. The molecule has 0 aliphatic carbocycles. The smallest absolute Gasteiger partial charge is 0.338 e. The zero-order valence-electron chi connectivity index (χ0n) is 24.5. The van der Waals surface area contributed by atoms with Crippen molar-refractivity contribution in [3.05, 3.63) is 153 Å². The van der Waals surface area contributed by atoms with E-state index in [9.17, 15) is 24.5 Å². The molecule has 13 heteroatoms. The number of hydrogen-bond donors (Lipinski definition) is 1. The third kappa shape index (κ3) is 6.10. The van der Waals surface area contributed by atoms with E-state index in [-0.39, 0.29) is 28.0 Å². The Kier molecular flexibility index (Phi) is 8.59. The number of carbonyl (C=O) groups is 1. The van der Waals surface area contributed by atoms with Crippen LogP contribution >= 0.6 is 23.1 Å². The van der Waals surface area contributed by atoms with Gasteiger partial charge in [-0.3, -0.25) is 24.3 Å². The number of benzene rings is 3. The Morgan fingerprint density at radius 3 is 2.48 bits per heavy atom. The lowest BCUT2D eigenvalue weighted by Gasteiger charge is -2.25. The summed E-state index contributed by atoms with van der Waals surface area (Å²) < 4.78 is 7.20. The molecule has 1 aliphatic heterocycles. The molecule has 0 fully saturated rings. The highest BCUT2D eigenvalue weighted by Gasteiger charge is 2.35. The van der Waals surface area contributed by atoms with E-state index in [0.29, 0.717) is 42.9 Å². The van der Waals surface area contributed by atoms with Gasteiger partial charge in [0.2, 0.25) is 0 Å². The maximum absolute atomic E-state index is 14.3. The number of nitro benzene ring substituents is 1. The molecule has 5 aromatic rings. The monoisotopic (exact) mass is 651 g/mol. The Balaban J connectivity index is 1.60. The maximum atomic E-state index is 14.3. The standard InChI is InChI=1S/C33H25N5O6S2/c1-3-44-31(41)27-28(20-10-6-4-7-11-20)36-33-37(29(27)21-12-8-5-9-13-21)30(40)25(46-33)18-22-17-23(38(42)43)14-15-24(22)45-32-34-19(2)16-26(39)35-32/h4-18,29H,3H2,1-2H3,(H,34,35,39)/b25-18+/t29-/m1/s1. The predicted molar refractivity (Wildman–Crippen MR) is 174 cm³/mol. The van der Waals surface area contributed by atoms with Gasteiger partial charge in [-0.05, 0) is 37.1 Å². The summed E-state index contributed by atoms with van der Waals surface area (Å²) >= 11 is 2.21. The molecule has 0 saturated carbocycles. The number of thiazole rings is 1. The molecule has 0 saturated heterocycles. The van der Waals surface area contributed by atoms with E-state index in [1.165, 1.54) is 22.8 Å². The number of rotatable bonds is 8. The Hall–Kier alpha value is -5.40. The number of aromatic amines is 1. The summed E-state index contributed by atoms with van der Waals surface area (Å²) in [6.07, 6.45) is 1.56. The molecule has 0 bridgehead atoms. The fourth-order valence-electron chi connectivity index (χ4n) is 5.09. The number of hydrogen-bond acceptors (Lipinski definition) is 10. The van der Waals surface area contributed by atoms with Gasteiger partial charge in [0.25, 0.3) is 16.8 Å². The number of fused-ring (bicyclic) bond motifs is 1. The largest absolute Gasteiger partial charge is 0.463 e. The number of nitrogens with zero attached hydrogens (tertiary/aromatic N) is 4. The zero-order chi connectivity index (χ0) is 32.4. The van der Waals surface area contributed by atoms with Crippen molar-refractivity contribution in [2.24, 2.45) is 4.99 Å². The molecule has 1 N–H and O–H groups in total. The molecule has 0 amide bonds. The number of aryl methyl sites for hydroxylation is 1. The Bertz CT molecular complexity index is 2260. The average Bonchev–Trinajstić information content (AvgIpc) is 3.35. The van der Waals surface area contributed by atoms with Gasteiger partial charge in [0.15, 0.2) is 9.96 Å². The highest BCUT2D eigenvalue weighted by atomic mass is 32.2. The molecule has 0 radical (unpaired) electrons. The van der Waals surface area contributed by atoms with E-state index >= 15 is 0 Å². The quantitative estimate of drug-likeness (QED) is 0.112. The molecule has 230 valence electrons. The predicted octanol–water partition coefficient (Wildman–Crippen LogP) is 4.39. The van der Waals surface area contributed by atoms with Crippen LogP contribution in [-0.2, 0) is 9.53 Å². The number of aromatic nitrogens is 3. The normalized spacial score (nSPS) is 14.5. The first-order valence-corrected chi connectivity index (χ1v) is 15.7. The second-order valence-corrected chi connectivity index (χ2v) is 12.2. The number of esters is 1. The molecule has 3 aromatic carbocycles. The van der Waals surface area contributed by atoms with Crippen LogP contribution in [0.15, 0.2) is 115 Å². The summed E-state index contributed by atoms with van der Waals surface area (Å²) in [6.45, 7) is 3.53. The third-order valence-electron chi connectivity index (χ3n) is 7.03. The molecule has 2 aromatic heterocycles. The van der Waals surface area contributed by atoms with E-state index in [1.54, 1.807) is 26.0 Å². The van der Waals surface area contributed by atoms with Crippen molar-refractivity contribution in [3.63, 3.8) is 0 Å². The van der Waals surface area contributed by atoms with Crippen molar-refractivity contribution in [2.75, 3.05) is 6.61 Å². The molecular weight excluding hydrogens is 627 g/mol. The summed E-state index contributed by atoms with van der Waals surface area (Å²) in [5.74, 6) is -0.592. The summed E-state index contributed by atoms with van der Waals surface area (Å²) in [5, 5.41) is 12.0. The summed E-state index contributed by atoms with van der Waals surface area (Å²) in [5.41, 5.74) is 1.92. The average molecular weight is 652 g/mol. The van der Waals surface area contributed by atoms with E-state index in [4.69, 9.17) is 9.73 Å². The first kappa shape index (κ1) is 30.6. The van der Waals surface area contributed by atoms with Crippen molar-refractivity contribution >= 4 is 46.5 Å². The zero-order valence-corrected chi connectivity index (χ0v) is 26.1. The molecule has 3 heterocycles. The van der Waals surface area contributed by atoms with Crippen molar-refractivity contribution in [3.8, 4) is 0 Å². The van der Waals surface area contributed by atoms with Gasteiger partial charge in [0.05, 0.1) is 33.4 Å². The topological polar surface area (TPSA) is 150 Å². The lowest BCUT2D eigenvalue weighted by molar-refractivity contribution is -0.384. The minimum Gasteiger partial charge on any atom is -0.463 e. The maximum Gasteiger partial charge on any atom is 0.338 e. The van der Waals surface area contributed by atoms with Gasteiger partial charge in [-0.1, -0.05) is 83.8 Å². The molecule has 46 heavy (non-hydrogen) atoms. The Labute approximate surface area is 269 Å². The fraction of sp³-hybridized carbons (Fsp3) is 0.121. The second-order valence-electron chi connectivity index (χ2n) is 10.1. The van der Waals surface area contributed by atoms with E-state index in [2.05, 4.69) is 9.97 Å². The number of nitro groups is 1. The van der Waals surface area contributed by atoms with Crippen LogP contribution in [0, 0.1) is 17.0 Å². The Morgan fingerprint density at radius 2 is 1.80 bits per heavy atom. The van der Waals surface area contributed by atoms with Crippen molar-refractivity contribution in [2.45, 2.75) is 29.9 Å². The van der Waals surface area contributed by atoms with Crippen molar-refractivity contribution in [1.82, 2.24) is 14.5 Å². The number of nitrogens with one attached hydrogen (secondary N) is 1. The highest BCUT2D eigenvalue weighted by molar-refractivity contribution is 7.99. The van der Waals surface area contributed by atoms with Gasteiger partial charge in [0, 0.05) is 34.4 Å². The molecule has 1 aliphatic rings. The third-order valence-corrected chi connectivity index (χ3v) is 9.00. The summed E-state index contributed by atoms with van der Waals surface area (Å²) in [7, 11) is 0. The van der Waals surface area contributed by atoms with Gasteiger partial charge in [-0.2, -0.15) is 0 Å². The number of ether oxygens (including phenoxy) is 1. The van der Waals surface area contributed by atoms with Crippen LogP contribution < -0.4 is 20.5 Å². The van der Waals surface area contributed by atoms with Crippen LogP contribution in [0.5, 0.6) is 0 Å². The molecule has 6 rings (SSSR count). The van der Waals surface area contributed by atoms with E-state index in [0.717, 1.165) is 23.1 Å². The lowest BCUT2D eigenvalue weighted by Crippen LogP contribution is -2.40. The van der Waals surface area contributed by atoms with Crippen LogP contribution in [0.25, 0.3) is 11.8 Å². The first-order valence-electron chi connectivity index (χ1n) is 14.1. The minimum absolute atomic E-state index is 0.130. The second kappa shape index (κ2) is 12.9. The van der Waals surface area contributed by atoms with Gasteiger partial charge >= 0.3 is 5.97 Å². The van der Waals surface area contributed by atoms with E-state index < -0.39 is 22.5 Å². The Morgan fingerprint density at radius 1 is 1.09 bits per heavy atom. The number of H-pyrrole nitrogens is 1. The molecular formula is C33H25N5O6S2. The van der Waals surface area contributed by atoms with Gasteiger partial charge in [-0.15, -0.1) is 0 Å². The lowest BCUT2D eigenvalue weighted by atomic mass is 9.93. The molecule has 0 spiro atoms. The van der Waals surface area contributed by atoms with Crippen LogP contribution in [0.4, 0.5) is 5.69 Å². The van der Waals surface area contributed by atoms with Crippen LogP contribution in [-0.4, -0.2) is 32.0 Å².